The van der Waals surface area contributed by atoms with Gasteiger partial charge in [-0.25, -0.2) is 4.21 Å². The Kier molecular flexibility index (Phi) is 102. The molecule has 0 amide bonds. The number of carbonyl (C=O) groups is 2. The summed E-state index contributed by atoms with van der Waals surface area (Å²) in [5.74, 6) is 8.61. The third-order valence-electron chi connectivity index (χ3n) is 6.30. The van der Waals surface area contributed by atoms with E-state index in [9.17, 15) is 14.7 Å². The Balaban J connectivity index is -0.0000000390. The minimum atomic E-state index is -1.67. The van der Waals surface area contributed by atoms with Gasteiger partial charge >= 0.3 is 0 Å². The fourth-order valence-corrected chi connectivity index (χ4v) is 2.69. The van der Waals surface area contributed by atoms with E-state index >= 15 is 0 Å². The van der Waals surface area contributed by atoms with Crippen molar-refractivity contribution in [3.05, 3.63) is 33.4 Å². The Morgan fingerprint density at radius 3 is 0.776 bits per heavy atom. The summed E-state index contributed by atoms with van der Waals surface area (Å²) >= 11 is 19.1. The summed E-state index contributed by atoms with van der Waals surface area (Å²) in [5.41, 5.74) is 5.54. The number of allylic oxidation sites excluding steroid dienone is 5. The fraction of sp³-hybridized carbons (Fsp3) is 0.729. The number of ketones is 2. The number of carbonyl (C=O) groups excluding carboxylic acids is 2. The molecule has 0 aromatic carbocycles. The van der Waals surface area contributed by atoms with Gasteiger partial charge in [0, 0.05) is 139 Å². The summed E-state index contributed by atoms with van der Waals surface area (Å²) in [7, 11) is 10.6. The maximum Gasteiger partial charge on any atom is 0.211 e. The van der Waals surface area contributed by atoms with Crippen molar-refractivity contribution in [1.82, 2.24) is 0 Å². The molecular weight excluding hydrogens is 1310 g/mol. The Hall–Kier alpha value is 4.88. The van der Waals surface area contributed by atoms with Crippen LogP contribution in [0.15, 0.2) is 33.4 Å². The van der Waals surface area contributed by atoms with E-state index in [1.54, 1.807) is 55.4 Å². The Bertz CT molecular complexity index is 1300. The molecule has 3 N–H and O–H groups in total. The molecule has 0 saturated carbocycles. The number of aliphatic hydroxyl groups is 3. The number of terminal acetylenes is 1. The van der Waals surface area contributed by atoms with E-state index in [0.29, 0.717) is 0 Å². The van der Waals surface area contributed by atoms with Crippen molar-refractivity contribution >= 4 is 134 Å². The Morgan fingerprint density at radius 2 is 0.776 bits per heavy atom. The van der Waals surface area contributed by atoms with Gasteiger partial charge in [-0.2, -0.15) is 0 Å². The molecule has 0 aromatic heterocycles. The molecule has 6 nitrogen and oxygen atoms in total. The van der Waals surface area contributed by atoms with Crippen LogP contribution in [0, 0.1) is 143 Å². The van der Waals surface area contributed by atoms with Gasteiger partial charge in [-0.1, -0.05) is 70.5 Å². The molecular formula is C48H93Ar3Br4Cl3O6P2S. The average molecular weight is 1410 g/mol. The van der Waals surface area contributed by atoms with Crippen LogP contribution in [0.3, 0.4) is 0 Å². The van der Waals surface area contributed by atoms with Crippen LogP contribution in [-0.4, -0.2) is 62.4 Å². The smallest absolute Gasteiger partial charge is 0.211 e. The van der Waals surface area contributed by atoms with Gasteiger partial charge in [0.2, 0.25) is 9.23 Å². The van der Waals surface area contributed by atoms with E-state index in [4.69, 9.17) is 26.0 Å². The number of hydrogen-bond donors (Lipinski definition) is 3. The van der Waals surface area contributed by atoms with Gasteiger partial charge in [0.25, 0.3) is 0 Å². The first-order valence-electron chi connectivity index (χ1n) is 20.0. The fourth-order valence-electron chi connectivity index (χ4n) is 2.11. The standard InChI is InChI=1S/C8H15Br.C8H15Cl.C8H16O.C6H10O.C5H11OP.C4H10.2C3H6O.C3H4.3Ar.Br3P.Cl2OS/c3*1-6(2)7(3)8(4,5)9;1-4-5-6(2,3)7;1-4(7)5(2,3)6;1-4(2)3;2*1-3(2)4;1-3-2;;;;2*1-4(2)3/h2*1-5H3;9H,1-5H3;7H,1-3H3;6-7H,1-3H3;4H,1-3H3;2*1-2H3;1H,2H3;;;;;. The largest absolute Gasteiger partial charge is 0.386 e. The first-order chi connectivity index (χ1) is 27.6. The molecule has 0 bridgehead atoms. The molecule has 0 radical (unpaired) electrons. The van der Waals surface area contributed by atoms with Crippen LogP contribution < -0.4 is 0 Å². The monoisotopic (exact) mass is 1400 g/mol. The summed E-state index contributed by atoms with van der Waals surface area (Å²) in [5, 5.41) is 28.1. The Labute approximate surface area is 558 Å². The van der Waals surface area contributed by atoms with Crippen LogP contribution in [-0.2, 0) is 18.8 Å². The van der Waals surface area contributed by atoms with E-state index in [0.717, 1.165) is 16.8 Å². The molecule has 0 heterocycles. The van der Waals surface area contributed by atoms with Gasteiger partial charge in [-0.3, -0.25) is 0 Å². The third kappa shape index (κ3) is 167. The molecule has 0 atom stereocenters. The molecule has 410 valence electrons. The van der Waals surface area contributed by atoms with Gasteiger partial charge < -0.3 is 24.9 Å². The van der Waals surface area contributed by atoms with Crippen molar-refractivity contribution in [1.29, 1.82) is 0 Å². The van der Waals surface area contributed by atoms with E-state index in [-0.39, 0.29) is 138 Å². The van der Waals surface area contributed by atoms with Gasteiger partial charge in [0.05, 0.1) is 16.1 Å². The number of alkyl halides is 2. The zero-order valence-electron chi connectivity index (χ0n) is 46.3. The number of hydrogen-bond acceptors (Lipinski definition) is 6. The van der Waals surface area contributed by atoms with Crippen molar-refractivity contribution < 1.29 is 142 Å². The quantitative estimate of drug-likeness (QED) is 0.0850. The molecule has 67 heavy (non-hydrogen) atoms. The van der Waals surface area contributed by atoms with Crippen LogP contribution >= 0.6 is 108 Å². The normalized spacial score (nSPS) is 9.27. The first-order valence-corrected chi connectivity index (χ1v) is 31.8. The summed E-state index contributed by atoms with van der Waals surface area (Å²) in [6, 6.07) is 0. The number of Topliss-reactive ketones (excluding diaryl/α,β-unsaturated/α-hetero) is 2. The topological polar surface area (TPSA) is 112 Å². The molecule has 19 heteroatoms. The van der Waals surface area contributed by atoms with Gasteiger partial charge in [-0.05, 0) is 243 Å². The van der Waals surface area contributed by atoms with E-state index in [1.165, 1.54) is 55.6 Å². The average Bonchev–Trinajstić information content (AvgIpc) is 2.97. The molecule has 0 fully saturated rings. The summed E-state index contributed by atoms with van der Waals surface area (Å²) in [6.45, 7) is 55.2. The SMILES string of the molecule is BrP(Br)Br.C#CC.CC#CC(C)(C)O.CC(=P)C(C)(C)O.CC(C)=C(C)C(C)(C)Br.CC(C)=C(C)C(C)(C)Cl.CC(C)=C(C)C(C)(C)O.CC(C)=O.CC(C)=O.CC(C)C.O=S(Cl)Cl.[Ar].[Ar].[Ar]. The molecule has 0 aliphatic rings. The molecule has 0 aliphatic carbocycles. The minimum absolute atomic E-state index is 0. The maximum absolute atomic E-state index is 9.44. The second kappa shape index (κ2) is 63.4. The van der Waals surface area contributed by atoms with Crippen LogP contribution in [0.2, 0.25) is 0 Å². The van der Waals surface area contributed by atoms with E-state index in [1.807, 2.05) is 41.5 Å². The van der Waals surface area contributed by atoms with Gasteiger partial charge in [-0.15, -0.1) is 38.7 Å². The van der Waals surface area contributed by atoms with Crippen LogP contribution in [0.4, 0.5) is 0 Å². The molecule has 0 aromatic rings. The van der Waals surface area contributed by atoms with Crippen molar-refractivity contribution in [2.75, 3.05) is 0 Å². The second-order valence-corrected chi connectivity index (χ2v) is 39.2. The zero-order chi connectivity index (χ0) is 55.5. The zero-order valence-corrected chi connectivity index (χ0v) is 59.7. The molecule has 0 saturated heterocycles. The molecule has 0 spiro atoms. The predicted octanol–water partition coefficient (Wildman–Crippen LogP) is 18.8. The van der Waals surface area contributed by atoms with E-state index < -0.39 is 26.0 Å². The van der Waals surface area contributed by atoms with Crippen molar-refractivity contribution in [2.24, 2.45) is 5.92 Å². The number of halogens is 7. The summed E-state index contributed by atoms with van der Waals surface area (Å²) < 4.78 is 9.08. The van der Waals surface area contributed by atoms with E-state index in [2.05, 4.69) is 193 Å². The predicted molar refractivity (Wildman–Crippen MR) is 318 cm³/mol. The van der Waals surface area contributed by atoms with Gasteiger partial charge in [0.1, 0.15) is 21.2 Å². The van der Waals surface area contributed by atoms with Crippen LogP contribution in [0.25, 0.3) is 0 Å². The van der Waals surface area contributed by atoms with Gasteiger partial charge in [0.15, 0.2) is 0 Å². The third-order valence-corrected chi connectivity index (χ3v) is 7.79. The molecule has 0 unspecified atom stereocenters. The second-order valence-electron chi connectivity index (χ2n) is 17.7. The molecule has 0 rings (SSSR count). The summed E-state index contributed by atoms with van der Waals surface area (Å²) in [6.07, 6.45) is 4.60. The maximum atomic E-state index is 9.44. The number of rotatable bonds is 4. The minimum Gasteiger partial charge on any atom is -0.386 e. The Morgan fingerprint density at radius 1 is 0.612 bits per heavy atom. The van der Waals surface area contributed by atoms with Crippen molar-refractivity contribution in [3.8, 4) is 24.2 Å². The molecule has 0 aliphatic heterocycles. The van der Waals surface area contributed by atoms with Crippen molar-refractivity contribution in [2.45, 2.75) is 227 Å². The summed E-state index contributed by atoms with van der Waals surface area (Å²) in [4.78, 5) is 18.7. The first kappa shape index (κ1) is 108. The van der Waals surface area contributed by atoms with Crippen LogP contribution in [0.5, 0.6) is 0 Å². The van der Waals surface area contributed by atoms with Crippen LogP contribution in [0.1, 0.15) is 201 Å². The van der Waals surface area contributed by atoms with Crippen molar-refractivity contribution in [3.63, 3.8) is 0 Å².